The Labute approximate surface area is 75.8 Å². The quantitative estimate of drug-likeness (QED) is 0.731. The summed E-state index contributed by atoms with van der Waals surface area (Å²) in [5.41, 5.74) is 0.461. The van der Waals surface area contributed by atoms with E-state index in [0.29, 0.717) is 10.9 Å². The van der Waals surface area contributed by atoms with Crippen molar-refractivity contribution in [2.24, 2.45) is 0 Å². The molecule has 0 amide bonds. The summed E-state index contributed by atoms with van der Waals surface area (Å²) in [6.45, 7) is 0. The molecule has 0 saturated heterocycles. The molecule has 2 aromatic heterocycles. The number of H-pyrrole nitrogens is 1. The van der Waals surface area contributed by atoms with Crippen molar-refractivity contribution in [1.82, 2.24) is 15.0 Å². The zero-order valence-corrected chi connectivity index (χ0v) is 7.50. The molecule has 60 valence electrons. The van der Waals surface area contributed by atoms with Crippen LogP contribution in [0.25, 0.3) is 10.9 Å². The Kier molecular flexibility index (Phi) is 1.65. The number of aromatic amines is 1. The van der Waals surface area contributed by atoms with Crippen molar-refractivity contribution in [2.45, 2.75) is 0 Å². The zero-order valence-electron chi connectivity index (χ0n) is 5.91. The van der Waals surface area contributed by atoms with Gasteiger partial charge in [0.2, 0.25) is 0 Å². The molecule has 0 unspecified atom stereocenters. The highest BCUT2D eigenvalue weighted by Gasteiger charge is 2.01. The standard InChI is InChI=1S/C7H4BrN3O/c8-5-2-10-7(12)4-1-9-3-11-6(4)5/h1-3H,(H,10,12). The second-order valence-electron chi connectivity index (χ2n) is 2.25. The first kappa shape index (κ1) is 7.42. The molecule has 0 aromatic carbocycles. The molecule has 0 atom stereocenters. The van der Waals surface area contributed by atoms with E-state index in [1.54, 1.807) is 6.20 Å². The van der Waals surface area contributed by atoms with Gasteiger partial charge in [-0.15, -0.1) is 0 Å². The van der Waals surface area contributed by atoms with Crippen LogP contribution in [0, 0.1) is 0 Å². The van der Waals surface area contributed by atoms with E-state index in [4.69, 9.17) is 0 Å². The number of nitrogens with zero attached hydrogens (tertiary/aromatic N) is 2. The number of pyridine rings is 1. The van der Waals surface area contributed by atoms with E-state index in [-0.39, 0.29) is 5.56 Å². The molecular weight excluding hydrogens is 222 g/mol. The third-order valence-electron chi connectivity index (χ3n) is 1.51. The fourth-order valence-electron chi connectivity index (χ4n) is 0.961. The summed E-state index contributed by atoms with van der Waals surface area (Å²) in [7, 11) is 0. The first-order valence-electron chi connectivity index (χ1n) is 3.26. The highest BCUT2D eigenvalue weighted by Crippen LogP contribution is 2.15. The van der Waals surface area contributed by atoms with E-state index in [1.807, 2.05) is 0 Å². The lowest BCUT2D eigenvalue weighted by molar-refractivity contribution is 1.18. The van der Waals surface area contributed by atoms with Crippen LogP contribution in [0.3, 0.4) is 0 Å². The summed E-state index contributed by atoms with van der Waals surface area (Å²) in [5.74, 6) is 0. The smallest absolute Gasteiger partial charge is 0.259 e. The van der Waals surface area contributed by atoms with Crippen LogP contribution in [0.15, 0.2) is 28.0 Å². The predicted octanol–water partition coefficient (Wildman–Crippen LogP) is 1.08. The van der Waals surface area contributed by atoms with Crippen molar-refractivity contribution in [3.05, 3.63) is 33.5 Å². The lowest BCUT2D eigenvalue weighted by Crippen LogP contribution is -2.06. The van der Waals surface area contributed by atoms with Crippen molar-refractivity contribution in [1.29, 1.82) is 0 Å². The molecule has 2 heterocycles. The fourth-order valence-corrected chi connectivity index (χ4v) is 1.39. The van der Waals surface area contributed by atoms with E-state index in [9.17, 15) is 4.79 Å². The average molecular weight is 226 g/mol. The number of fused-ring (bicyclic) bond motifs is 1. The Morgan fingerprint density at radius 1 is 1.50 bits per heavy atom. The normalized spacial score (nSPS) is 10.4. The first-order chi connectivity index (χ1) is 5.79. The minimum absolute atomic E-state index is 0.172. The van der Waals surface area contributed by atoms with Gasteiger partial charge in [0.1, 0.15) is 6.33 Å². The zero-order chi connectivity index (χ0) is 8.55. The van der Waals surface area contributed by atoms with Gasteiger partial charge in [0.15, 0.2) is 0 Å². The summed E-state index contributed by atoms with van der Waals surface area (Å²) < 4.78 is 0.763. The highest BCUT2D eigenvalue weighted by atomic mass is 79.9. The maximum atomic E-state index is 11.2. The molecule has 2 aromatic rings. The van der Waals surface area contributed by atoms with Gasteiger partial charge in [-0.05, 0) is 15.9 Å². The van der Waals surface area contributed by atoms with Crippen molar-refractivity contribution < 1.29 is 0 Å². The van der Waals surface area contributed by atoms with E-state index >= 15 is 0 Å². The molecule has 4 nitrogen and oxygen atoms in total. The van der Waals surface area contributed by atoms with Gasteiger partial charge in [-0.3, -0.25) is 4.79 Å². The monoisotopic (exact) mass is 225 g/mol. The minimum Gasteiger partial charge on any atom is -0.327 e. The molecule has 5 heteroatoms. The van der Waals surface area contributed by atoms with Crippen LogP contribution in [0.4, 0.5) is 0 Å². The van der Waals surface area contributed by atoms with Crippen molar-refractivity contribution >= 4 is 26.8 Å². The summed E-state index contributed by atoms with van der Waals surface area (Å²) in [5, 5.41) is 0.492. The third-order valence-corrected chi connectivity index (χ3v) is 2.12. The summed E-state index contributed by atoms with van der Waals surface area (Å²) >= 11 is 3.27. The van der Waals surface area contributed by atoms with Crippen LogP contribution >= 0.6 is 15.9 Å². The first-order valence-corrected chi connectivity index (χ1v) is 4.05. The van der Waals surface area contributed by atoms with Crippen LogP contribution < -0.4 is 5.56 Å². The van der Waals surface area contributed by atoms with E-state index < -0.39 is 0 Å². The molecule has 0 aliphatic rings. The van der Waals surface area contributed by atoms with Crippen molar-refractivity contribution in [3.63, 3.8) is 0 Å². The predicted molar refractivity (Wildman–Crippen MR) is 47.9 cm³/mol. The Bertz CT molecular complexity index is 479. The summed E-state index contributed by atoms with van der Waals surface area (Å²) in [6, 6.07) is 0. The molecule has 12 heavy (non-hydrogen) atoms. The Morgan fingerprint density at radius 3 is 3.08 bits per heavy atom. The van der Waals surface area contributed by atoms with Gasteiger partial charge >= 0.3 is 0 Å². The SMILES string of the molecule is O=c1[nH]cc(Br)c2ncncc12. The number of hydrogen-bond donors (Lipinski definition) is 1. The van der Waals surface area contributed by atoms with Gasteiger partial charge in [-0.25, -0.2) is 9.97 Å². The van der Waals surface area contributed by atoms with E-state index in [2.05, 4.69) is 30.9 Å². The maximum Gasteiger partial charge on any atom is 0.259 e. The lowest BCUT2D eigenvalue weighted by atomic mass is 10.3. The van der Waals surface area contributed by atoms with Crippen molar-refractivity contribution in [2.75, 3.05) is 0 Å². The number of aromatic nitrogens is 3. The summed E-state index contributed by atoms with van der Waals surface area (Å²) in [6.07, 6.45) is 4.47. The highest BCUT2D eigenvalue weighted by molar-refractivity contribution is 9.10. The van der Waals surface area contributed by atoms with Gasteiger partial charge in [0.25, 0.3) is 5.56 Å². The molecule has 0 radical (unpaired) electrons. The number of hydrogen-bond acceptors (Lipinski definition) is 3. The molecule has 0 saturated carbocycles. The second kappa shape index (κ2) is 2.67. The molecule has 1 N–H and O–H groups in total. The van der Waals surface area contributed by atoms with E-state index in [1.165, 1.54) is 12.5 Å². The van der Waals surface area contributed by atoms with Gasteiger partial charge in [-0.2, -0.15) is 0 Å². The fraction of sp³-hybridized carbons (Fsp3) is 0. The van der Waals surface area contributed by atoms with Crippen LogP contribution in [-0.4, -0.2) is 15.0 Å². The van der Waals surface area contributed by atoms with Gasteiger partial charge < -0.3 is 4.98 Å². The Hall–Kier alpha value is -1.23. The van der Waals surface area contributed by atoms with Gasteiger partial charge in [0.05, 0.1) is 15.4 Å². The van der Waals surface area contributed by atoms with E-state index in [0.717, 1.165) is 4.47 Å². The Morgan fingerprint density at radius 2 is 2.33 bits per heavy atom. The average Bonchev–Trinajstić information content (AvgIpc) is 2.12. The largest absolute Gasteiger partial charge is 0.327 e. The molecule has 0 spiro atoms. The maximum absolute atomic E-state index is 11.2. The molecule has 0 bridgehead atoms. The van der Waals surface area contributed by atoms with Crippen molar-refractivity contribution in [3.8, 4) is 0 Å². The van der Waals surface area contributed by atoms with Crippen LogP contribution in [0.1, 0.15) is 0 Å². The lowest BCUT2D eigenvalue weighted by Gasteiger charge is -1.95. The minimum atomic E-state index is -0.172. The molecule has 2 rings (SSSR count). The van der Waals surface area contributed by atoms with Gasteiger partial charge in [-0.1, -0.05) is 0 Å². The second-order valence-corrected chi connectivity index (χ2v) is 3.11. The van der Waals surface area contributed by atoms with Gasteiger partial charge in [0, 0.05) is 12.4 Å². The molecule has 0 fully saturated rings. The molecular formula is C7H4BrN3O. The van der Waals surface area contributed by atoms with Crippen LogP contribution in [0.5, 0.6) is 0 Å². The number of halogens is 1. The summed E-state index contributed by atoms with van der Waals surface area (Å²) in [4.78, 5) is 21.5. The third kappa shape index (κ3) is 1.02. The Balaban J connectivity index is 3.05. The molecule has 0 aliphatic heterocycles. The number of nitrogens with one attached hydrogen (secondary N) is 1. The molecule has 0 aliphatic carbocycles. The van der Waals surface area contributed by atoms with Crippen LogP contribution in [-0.2, 0) is 0 Å². The topological polar surface area (TPSA) is 58.6 Å². The number of rotatable bonds is 0. The van der Waals surface area contributed by atoms with Crippen LogP contribution in [0.2, 0.25) is 0 Å².